The average molecular weight is 253 g/mol. The zero-order valence-electron chi connectivity index (χ0n) is 9.58. The summed E-state index contributed by atoms with van der Waals surface area (Å²) in [4.78, 5) is 32.2. The summed E-state index contributed by atoms with van der Waals surface area (Å²) >= 11 is 0. The Morgan fingerprint density at radius 1 is 1.39 bits per heavy atom. The molecule has 0 aliphatic heterocycles. The van der Waals surface area contributed by atoms with Crippen LogP contribution in [0.15, 0.2) is 18.2 Å². The van der Waals surface area contributed by atoms with E-state index in [1.807, 2.05) is 0 Å². The number of phenols is 1. The first-order valence-corrected chi connectivity index (χ1v) is 5.03. The fraction of sp³-hybridized carbons (Fsp3) is 0.273. The van der Waals surface area contributed by atoms with Crippen molar-refractivity contribution < 1.29 is 24.4 Å². The molecule has 0 saturated carbocycles. The number of esters is 1. The van der Waals surface area contributed by atoms with Gasteiger partial charge in [-0.3, -0.25) is 19.7 Å². The minimum Gasteiger partial charge on any atom is -0.502 e. The third-order valence-electron chi connectivity index (χ3n) is 2.28. The number of hydrogen-bond donors (Lipinski definition) is 1. The summed E-state index contributed by atoms with van der Waals surface area (Å²) in [5.41, 5.74) is -0.360. The Kier molecular flexibility index (Phi) is 4.36. The van der Waals surface area contributed by atoms with Gasteiger partial charge in [0.15, 0.2) is 11.5 Å². The van der Waals surface area contributed by atoms with Crippen molar-refractivity contribution in [2.45, 2.75) is 12.8 Å². The molecule has 18 heavy (non-hydrogen) atoms. The lowest BCUT2D eigenvalue weighted by Crippen LogP contribution is -2.06. The molecule has 0 radical (unpaired) electrons. The minimum atomic E-state index is -0.752. The summed E-state index contributed by atoms with van der Waals surface area (Å²) in [7, 11) is 1.21. The predicted octanol–water partition coefficient (Wildman–Crippen LogP) is 1.44. The zero-order valence-corrected chi connectivity index (χ0v) is 9.58. The molecule has 1 aromatic carbocycles. The Balaban J connectivity index is 2.79. The van der Waals surface area contributed by atoms with Gasteiger partial charge in [0.25, 0.3) is 0 Å². The Hall–Kier alpha value is -2.44. The van der Waals surface area contributed by atoms with E-state index in [-0.39, 0.29) is 18.4 Å². The molecule has 0 heterocycles. The highest BCUT2D eigenvalue weighted by molar-refractivity contribution is 5.98. The van der Waals surface area contributed by atoms with E-state index in [2.05, 4.69) is 4.74 Å². The highest BCUT2D eigenvalue weighted by Crippen LogP contribution is 2.26. The van der Waals surface area contributed by atoms with Crippen molar-refractivity contribution in [1.29, 1.82) is 0 Å². The highest BCUT2D eigenvalue weighted by atomic mass is 16.6. The molecular formula is C11H11NO6. The van der Waals surface area contributed by atoms with Crippen LogP contribution in [-0.4, -0.2) is 28.9 Å². The van der Waals surface area contributed by atoms with Gasteiger partial charge in [0.2, 0.25) is 0 Å². The Labute approximate surface area is 102 Å². The molecule has 0 atom stereocenters. The number of benzene rings is 1. The second kappa shape index (κ2) is 5.76. The molecule has 96 valence electrons. The largest absolute Gasteiger partial charge is 0.502 e. The lowest BCUT2D eigenvalue weighted by molar-refractivity contribution is -0.385. The monoisotopic (exact) mass is 253 g/mol. The van der Waals surface area contributed by atoms with Crippen LogP contribution in [0.3, 0.4) is 0 Å². The number of rotatable bonds is 5. The van der Waals surface area contributed by atoms with Gasteiger partial charge in [0, 0.05) is 18.1 Å². The van der Waals surface area contributed by atoms with E-state index < -0.39 is 28.1 Å². The highest BCUT2D eigenvalue weighted by Gasteiger charge is 2.16. The van der Waals surface area contributed by atoms with E-state index in [0.717, 1.165) is 12.1 Å². The van der Waals surface area contributed by atoms with Gasteiger partial charge in [-0.15, -0.1) is 0 Å². The van der Waals surface area contributed by atoms with E-state index >= 15 is 0 Å². The second-order valence-corrected chi connectivity index (χ2v) is 3.46. The summed E-state index contributed by atoms with van der Waals surface area (Å²) in [6.45, 7) is 0. The molecule has 1 N–H and O–H groups in total. The Bertz CT molecular complexity index is 496. The quantitative estimate of drug-likeness (QED) is 0.368. The van der Waals surface area contributed by atoms with Crippen LogP contribution in [0.25, 0.3) is 0 Å². The van der Waals surface area contributed by atoms with Crippen molar-refractivity contribution >= 4 is 17.4 Å². The van der Waals surface area contributed by atoms with Gasteiger partial charge in [-0.2, -0.15) is 0 Å². The molecule has 0 aliphatic rings. The third kappa shape index (κ3) is 3.27. The first-order chi connectivity index (χ1) is 8.45. The number of phenolic OH excluding ortho intramolecular Hbond substituents is 1. The molecule has 0 unspecified atom stereocenters. The average Bonchev–Trinajstić information content (AvgIpc) is 2.34. The van der Waals surface area contributed by atoms with E-state index in [1.165, 1.54) is 13.2 Å². The third-order valence-corrected chi connectivity index (χ3v) is 2.28. The molecule has 0 aliphatic carbocycles. The SMILES string of the molecule is COC(=O)CCC(=O)c1ccc([N+](=O)[O-])c(O)c1. The maximum Gasteiger partial charge on any atom is 0.310 e. The first kappa shape index (κ1) is 13.6. The molecule has 0 amide bonds. The van der Waals surface area contributed by atoms with E-state index in [1.54, 1.807) is 0 Å². The van der Waals surface area contributed by atoms with Crippen molar-refractivity contribution in [3.05, 3.63) is 33.9 Å². The molecule has 1 rings (SSSR count). The molecule has 7 heteroatoms. The number of carbonyl (C=O) groups excluding carboxylic acids is 2. The van der Waals surface area contributed by atoms with Gasteiger partial charge in [-0.25, -0.2) is 0 Å². The lowest BCUT2D eigenvalue weighted by Gasteiger charge is -2.02. The van der Waals surface area contributed by atoms with Gasteiger partial charge in [0.1, 0.15) is 0 Å². The number of aromatic hydroxyl groups is 1. The molecule has 0 aromatic heterocycles. The summed E-state index contributed by atoms with van der Waals surface area (Å²) in [6, 6.07) is 3.29. The molecular weight excluding hydrogens is 242 g/mol. The second-order valence-electron chi connectivity index (χ2n) is 3.46. The van der Waals surface area contributed by atoms with Crippen molar-refractivity contribution in [1.82, 2.24) is 0 Å². The van der Waals surface area contributed by atoms with Crippen molar-refractivity contribution in [3.63, 3.8) is 0 Å². The van der Waals surface area contributed by atoms with Crippen molar-refractivity contribution in [3.8, 4) is 5.75 Å². The number of methoxy groups -OCH3 is 1. The smallest absolute Gasteiger partial charge is 0.310 e. The zero-order chi connectivity index (χ0) is 13.7. The van der Waals surface area contributed by atoms with Gasteiger partial charge < -0.3 is 9.84 Å². The molecule has 0 saturated heterocycles. The first-order valence-electron chi connectivity index (χ1n) is 5.03. The molecule has 0 bridgehead atoms. The fourth-order valence-corrected chi connectivity index (χ4v) is 1.31. The number of hydrogen-bond acceptors (Lipinski definition) is 6. The number of nitro groups is 1. The maximum atomic E-state index is 11.6. The maximum absolute atomic E-state index is 11.6. The predicted molar refractivity (Wildman–Crippen MR) is 60.3 cm³/mol. The molecule has 7 nitrogen and oxygen atoms in total. The lowest BCUT2D eigenvalue weighted by atomic mass is 10.1. The van der Waals surface area contributed by atoms with Gasteiger partial charge in [-0.1, -0.05) is 0 Å². The summed E-state index contributed by atoms with van der Waals surface area (Å²) in [6.07, 6.45) is -0.156. The number of Topliss-reactive ketones (excluding diaryl/α,β-unsaturated/α-hetero) is 1. The summed E-state index contributed by atoms with van der Waals surface area (Å²) in [5.74, 6) is -1.50. The van der Waals surface area contributed by atoms with Crippen molar-refractivity contribution in [2.75, 3.05) is 7.11 Å². The minimum absolute atomic E-state index is 0.0763. The van der Waals surface area contributed by atoms with Crippen LogP contribution in [-0.2, 0) is 9.53 Å². The van der Waals surface area contributed by atoms with Crippen LogP contribution >= 0.6 is 0 Å². The van der Waals surface area contributed by atoms with Crippen LogP contribution in [0.1, 0.15) is 23.2 Å². The summed E-state index contributed by atoms with van der Waals surface area (Å²) in [5, 5.41) is 19.8. The number of nitro benzene ring substituents is 1. The molecule has 0 fully saturated rings. The molecule has 0 spiro atoms. The van der Waals surface area contributed by atoms with E-state index in [0.29, 0.717) is 0 Å². The molecule has 1 aromatic rings. The Morgan fingerprint density at radius 2 is 2.06 bits per heavy atom. The van der Waals surface area contributed by atoms with Crippen LogP contribution in [0.4, 0.5) is 5.69 Å². The van der Waals surface area contributed by atoms with Crippen LogP contribution < -0.4 is 0 Å². The number of nitrogens with zero attached hydrogens (tertiary/aromatic N) is 1. The van der Waals surface area contributed by atoms with Gasteiger partial charge in [0.05, 0.1) is 18.5 Å². The van der Waals surface area contributed by atoms with Crippen LogP contribution in [0.2, 0.25) is 0 Å². The summed E-state index contributed by atoms with van der Waals surface area (Å²) < 4.78 is 4.38. The normalized spacial score (nSPS) is 9.83. The van der Waals surface area contributed by atoms with Gasteiger partial charge in [-0.05, 0) is 12.1 Å². The van der Waals surface area contributed by atoms with Crippen LogP contribution in [0.5, 0.6) is 5.75 Å². The van der Waals surface area contributed by atoms with Crippen molar-refractivity contribution in [2.24, 2.45) is 0 Å². The number of carbonyl (C=O) groups is 2. The van der Waals surface area contributed by atoms with Gasteiger partial charge >= 0.3 is 11.7 Å². The number of ether oxygens (including phenoxy) is 1. The number of ketones is 1. The Morgan fingerprint density at radius 3 is 2.56 bits per heavy atom. The van der Waals surface area contributed by atoms with Crippen LogP contribution in [0, 0.1) is 10.1 Å². The van der Waals surface area contributed by atoms with E-state index in [9.17, 15) is 24.8 Å². The standard InChI is InChI=1S/C11H11NO6/c1-18-11(15)5-4-9(13)7-2-3-8(12(16)17)10(14)6-7/h2-3,6,14H,4-5H2,1H3. The topological polar surface area (TPSA) is 107 Å². The fourth-order valence-electron chi connectivity index (χ4n) is 1.31. The van der Waals surface area contributed by atoms with E-state index in [4.69, 9.17) is 0 Å².